The Balaban J connectivity index is 1.21. The number of benzene rings is 2. The van der Waals surface area contributed by atoms with Gasteiger partial charge in [-0.3, -0.25) is 14.4 Å². The van der Waals surface area contributed by atoms with Crippen molar-refractivity contribution in [2.24, 2.45) is 5.92 Å². The van der Waals surface area contributed by atoms with Gasteiger partial charge < -0.3 is 19.9 Å². The zero-order valence-corrected chi connectivity index (χ0v) is 20.0. The smallest absolute Gasteiger partial charge is 0.269 e. The molecule has 1 saturated carbocycles. The van der Waals surface area contributed by atoms with Crippen LogP contribution in [0.15, 0.2) is 48.5 Å². The minimum absolute atomic E-state index is 0.0545. The van der Waals surface area contributed by atoms with Crippen molar-refractivity contribution in [3.63, 3.8) is 0 Å². The summed E-state index contributed by atoms with van der Waals surface area (Å²) in [7, 11) is 0. The summed E-state index contributed by atoms with van der Waals surface area (Å²) in [6.07, 6.45) is 2.44. The first-order valence-corrected chi connectivity index (χ1v) is 12.6. The summed E-state index contributed by atoms with van der Waals surface area (Å²) in [5.74, 6) is 0.198. The summed E-state index contributed by atoms with van der Waals surface area (Å²) in [5, 5.41) is 3.27. The van der Waals surface area contributed by atoms with Crippen molar-refractivity contribution in [1.82, 2.24) is 15.1 Å². The second-order valence-electron chi connectivity index (χ2n) is 10.4. The van der Waals surface area contributed by atoms with Gasteiger partial charge in [-0.1, -0.05) is 48.5 Å². The Labute approximate surface area is 205 Å². The van der Waals surface area contributed by atoms with Crippen LogP contribution < -0.4 is 5.32 Å². The summed E-state index contributed by atoms with van der Waals surface area (Å²) in [5.41, 5.74) is 2.17. The Hall–Kier alpha value is -3.03. The average molecular weight is 474 g/mol. The maximum Gasteiger partial charge on any atom is 0.269 e. The molecule has 7 heteroatoms. The fourth-order valence-corrected chi connectivity index (χ4v) is 5.68. The molecule has 7 nitrogen and oxygen atoms in total. The van der Waals surface area contributed by atoms with E-state index in [2.05, 4.69) is 18.3 Å². The number of ether oxygens (including phenoxy) is 1. The second kappa shape index (κ2) is 8.57. The number of rotatable bonds is 7. The van der Waals surface area contributed by atoms with E-state index >= 15 is 0 Å². The van der Waals surface area contributed by atoms with E-state index in [0.717, 1.165) is 37.1 Å². The molecule has 0 aromatic heterocycles. The van der Waals surface area contributed by atoms with Crippen LogP contribution in [-0.2, 0) is 37.7 Å². The van der Waals surface area contributed by atoms with E-state index in [0.29, 0.717) is 23.9 Å². The van der Waals surface area contributed by atoms with Crippen LogP contribution >= 0.6 is 0 Å². The van der Waals surface area contributed by atoms with Crippen molar-refractivity contribution in [2.45, 2.75) is 50.3 Å². The van der Waals surface area contributed by atoms with E-state index in [-0.39, 0.29) is 37.4 Å². The maximum atomic E-state index is 13.6. The molecule has 4 aliphatic rings. The number of ketones is 1. The quantitative estimate of drug-likeness (QED) is 0.625. The van der Waals surface area contributed by atoms with Crippen molar-refractivity contribution in [3.8, 4) is 0 Å². The molecule has 3 fully saturated rings. The van der Waals surface area contributed by atoms with Gasteiger partial charge in [0.2, 0.25) is 11.5 Å². The number of nitrogens with zero attached hydrogens (tertiary/aromatic N) is 2. The lowest BCUT2D eigenvalue weighted by Gasteiger charge is -2.31. The Bertz CT molecular complexity index is 1170. The van der Waals surface area contributed by atoms with Crippen LogP contribution in [0.3, 0.4) is 0 Å². The van der Waals surface area contributed by atoms with Crippen molar-refractivity contribution in [2.75, 3.05) is 26.4 Å². The highest BCUT2D eigenvalue weighted by molar-refractivity contribution is 6.15. The van der Waals surface area contributed by atoms with Gasteiger partial charge in [0.15, 0.2) is 5.78 Å². The van der Waals surface area contributed by atoms with Gasteiger partial charge in [-0.05, 0) is 42.4 Å². The number of carbonyl (C=O) groups is 3. The zero-order valence-electron chi connectivity index (χ0n) is 20.0. The molecule has 2 atom stereocenters. The maximum absolute atomic E-state index is 13.6. The fourth-order valence-electron chi connectivity index (χ4n) is 5.68. The molecule has 2 aliphatic carbocycles. The van der Waals surface area contributed by atoms with Gasteiger partial charge in [-0.25, -0.2) is 0 Å². The molecule has 1 N–H and O–H groups in total. The molecule has 2 heterocycles. The van der Waals surface area contributed by atoms with Crippen LogP contribution in [0.25, 0.3) is 0 Å². The molecule has 2 amide bonds. The third-order valence-corrected chi connectivity index (χ3v) is 8.17. The lowest BCUT2D eigenvalue weighted by molar-refractivity contribution is -0.149. The predicted molar refractivity (Wildman–Crippen MR) is 129 cm³/mol. The Morgan fingerprint density at radius 2 is 1.94 bits per heavy atom. The van der Waals surface area contributed by atoms with Crippen LogP contribution in [-0.4, -0.2) is 59.8 Å². The molecule has 182 valence electrons. The molecule has 1 spiro atoms. The SMILES string of the molecule is C[C@@H](C1CC1)N(Cc1ccccc1)C(=O)CN1CO[C@]2(C(=O)Cc3cc(C4CNC4)ccc32)C1=O. The van der Waals surface area contributed by atoms with Gasteiger partial charge in [0.25, 0.3) is 5.91 Å². The molecule has 6 rings (SSSR count). The van der Waals surface area contributed by atoms with Gasteiger partial charge in [0.1, 0.15) is 13.3 Å². The second-order valence-corrected chi connectivity index (χ2v) is 10.4. The van der Waals surface area contributed by atoms with Crippen LogP contribution in [0.4, 0.5) is 0 Å². The lowest BCUT2D eigenvalue weighted by Crippen LogP contribution is -2.48. The standard InChI is InChI=1S/C28H31N3O4/c1-18(20-7-8-20)31(15-19-5-3-2-4-6-19)26(33)16-30-17-35-28(27(30)34)24-10-9-21(23-13-29-14-23)11-22(24)12-25(28)32/h2-6,9-11,18,20,23,29H,7-8,12-17H2,1H3/t18-,28+/m0/s1. The van der Waals surface area contributed by atoms with E-state index in [1.807, 2.05) is 47.4 Å². The molecule has 0 bridgehead atoms. The molecule has 2 aromatic carbocycles. The first-order chi connectivity index (χ1) is 17.0. The number of hydrogen-bond acceptors (Lipinski definition) is 5. The fraction of sp³-hybridized carbons (Fsp3) is 0.464. The highest BCUT2D eigenvalue weighted by Crippen LogP contribution is 2.43. The predicted octanol–water partition coefficient (Wildman–Crippen LogP) is 2.34. The van der Waals surface area contributed by atoms with Crippen LogP contribution in [0.5, 0.6) is 0 Å². The lowest BCUT2D eigenvalue weighted by atomic mass is 9.89. The molecule has 2 saturated heterocycles. The summed E-state index contributed by atoms with van der Waals surface area (Å²) in [6, 6.07) is 16.0. The summed E-state index contributed by atoms with van der Waals surface area (Å²) >= 11 is 0. The van der Waals surface area contributed by atoms with E-state index in [1.165, 1.54) is 10.5 Å². The Kier molecular flexibility index (Phi) is 5.49. The largest absolute Gasteiger partial charge is 0.334 e. The first-order valence-electron chi connectivity index (χ1n) is 12.6. The van der Waals surface area contributed by atoms with E-state index in [1.54, 1.807) is 0 Å². The van der Waals surface area contributed by atoms with Crippen LogP contribution in [0.1, 0.15) is 47.9 Å². The van der Waals surface area contributed by atoms with Crippen LogP contribution in [0.2, 0.25) is 0 Å². The first kappa shape index (κ1) is 22.4. The van der Waals surface area contributed by atoms with Gasteiger partial charge in [0, 0.05) is 43.6 Å². The van der Waals surface area contributed by atoms with Crippen molar-refractivity contribution in [3.05, 3.63) is 70.8 Å². The number of fused-ring (bicyclic) bond motifs is 2. The minimum atomic E-state index is -1.60. The molecular formula is C28H31N3O4. The minimum Gasteiger partial charge on any atom is -0.334 e. The third-order valence-electron chi connectivity index (χ3n) is 8.17. The number of amides is 2. The van der Waals surface area contributed by atoms with E-state index < -0.39 is 11.5 Å². The summed E-state index contributed by atoms with van der Waals surface area (Å²) in [4.78, 5) is 43.6. The van der Waals surface area contributed by atoms with Gasteiger partial charge >= 0.3 is 0 Å². The molecular weight excluding hydrogens is 442 g/mol. The van der Waals surface area contributed by atoms with Crippen molar-refractivity contribution >= 4 is 17.6 Å². The highest BCUT2D eigenvalue weighted by atomic mass is 16.5. The number of hydrogen-bond donors (Lipinski definition) is 1. The molecule has 35 heavy (non-hydrogen) atoms. The van der Waals surface area contributed by atoms with Gasteiger partial charge in [0.05, 0.1) is 0 Å². The van der Waals surface area contributed by atoms with Gasteiger partial charge in [-0.2, -0.15) is 0 Å². The average Bonchev–Trinajstić information content (AvgIpc) is 3.57. The summed E-state index contributed by atoms with van der Waals surface area (Å²) in [6.45, 7) is 4.32. The van der Waals surface area contributed by atoms with Crippen LogP contribution in [0, 0.1) is 5.92 Å². The number of nitrogens with one attached hydrogen (secondary N) is 1. The topological polar surface area (TPSA) is 79.0 Å². The molecule has 0 radical (unpaired) electrons. The Morgan fingerprint density at radius 1 is 1.17 bits per heavy atom. The van der Waals surface area contributed by atoms with Crippen molar-refractivity contribution in [1.29, 1.82) is 0 Å². The molecule has 2 aromatic rings. The normalized spacial score (nSPS) is 24.5. The van der Waals surface area contributed by atoms with E-state index in [9.17, 15) is 14.4 Å². The highest BCUT2D eigenvalue weighted by Gasteiger charge is 2.59. The monoisotopic (exact) mass is 473 g/mol. The van der Waals surface area contributed by atoms with E-state index in [4.69, 9.17) is 4.74 Å². The van der Waals surface area contributed by atoms with Crippen molar-refractivity contribution < 1.29 is 19.1 Å². The van der Waals surface area contributed by atoms with Gasteiger partial charge in [-0.15, -0.1) is 0 Å². The summed E-state index contributed by atoms with van der Waals surface area (Å²) < 4.78 is 5.97. The third kappa shape index (κ3) is 3.78. The number of Topliss-reactive ketones (excluding diaryl/α,β-unsaturated/α-hetero) is 1. The molecule has 2 aliphatic heterocycles. The molecule has 0 unspecified atom stereocenters. The number of carbonyl (C=O) groups excluding carboxylic acids is 3. The Morgan fingerprint density at radius 3 is 2.63 bits per heavy atom. The zero-order chi connectivity index (χ0) is 24.2.